The third kappa shape index (κ3) is 1.18. The number of halogens is 1. The van der Waals surface area contributed by atoms with Crippen LogP contribution in [0.1, 0.15) is 0 Å². The lowest BCUT2D eigenvalue weighted by Gasteiger charge is -2.30. The van der Waals surface area contributed by atoms with Gasteiger partial charge in [-0.2, -0.15) is 0 Å². The smallest absolute Gasteiger partial charge is 0.230 e. The SMILES string of the molecule is COC1(OC)C(I)=CC(=O)C2OC21. The molecule has 1 aliphatic heterocycles. The topological polar surface area (TPSA) is 48.1 Å². The van der Waals surface area contributed by atoms with E-state index >= 15 is 0 Å². The van der Waals surface area contributed by atoms with Gasteiger partial charge >= 0.3 is 0 Å². The molecule has 0 aromatic carbocycles. The number of epoxide rings is 1. The summed E-state index contributed by atoms with van der Waals surface area (Å²) in [4.78, 5) is 11.2. The van der Waals surface area contributed by atoms with E-state index in [0.717, 1.165) is 3.58 Å². The summed E-state index contributed by atoms with van der Waals surface area (Å²) in [5.74, 6) is -0.863. The molecule has 1 heterocycles. The second-order valence-electron chi connectivity index (χ2n) is 2.95. The Morgan fingerprint density at radius 2 is 2.15 bits per heavy atom. The predicted molar refractivity (Wildman–Crippen MR) is 52.5 cm³/mol. The number of hydrogen-bond acceptors (Lipinski definition) is 4. The van der Waals surface area contributed by atoms with Crippen LogP contribution < -0.4 is 0 Å². The number of fused-ring (bicyclic) bond motifs is 1. The van der Waals surface area contributed by atoms with Crippen molar-refractivity contribution in [3.8, 4) is 0 Å². The molecule has 0 saturated carbocycles. The van der Waals surface area contributed by atoms with E-state index in [1.807, 2.05) is 22.6 Å². The zero-order valence-electron chi connectivity index (χ0n) is 7.24. The van der Waals surface area contributed by atoms with Gasteiger partial charge in [0.1, 0.15) is 0 Å². The Bertz CT molecular complexity index is 282. The summed E-state index contributed by atoms with van der Waals surface area (Å²) in [6.45, 7) is 0. The van der Waals surface area contributed by atoms with Crippen LogP contribution in [0.15, 0.2) is 9.66 Å². The summed E-state index contributed by atoms with van der Waals surface area (Å²) in [5.41, 5.74) is 0. The van der Waals surface area contributed by atoms with Crippen LogP contribution in [0.3, 0.4) is 0 Å². The molecule has 0 N–H and O–H groups in total. The average Bonchev–Trinajstić information content (AvgIpc) is 2.87. The third-order valence-corrected chi connectivity index (χ3v) is 3.42. The first kappa shape index (κ1) is 9.57. The second-order valence-corrected chi connectivity index (χ2v) is 4.11. The Kier molecular flexibility index (Phi) is 2.22. The van der Waals surface area contributed by atoms with Gasteiger partial charge in [0, 0.05) is 14.2 Å². The summed E-state index contributed by atoms with van der Waals surface area (Å²) >= 11 is 2.04. The van der Waals surface area contributed by atoms with Gasteiger partial charge in [0.2, 0.25) is 5.79 Å². The Balaban J connectivity index is 2.38. The van der Waals surface area contributed by atoms with Gasteiger partial charge in [0.05, 0.1) is 3.58 Å². The Morgan fingerprint density at radius 1 is 1.54 bits per heavy atom. The Morgan fingerprint density at radius 3 is 2.69 bits per heavy atom. The van der Waals surface area contributed by atoms with Crippen molar-refractivity contribution in [2.45, 2.75) is 18.0 Å². The molecule has 0 radical (unpaired) electrons. The van der Waals surface area contributed by atoms with E-state index < -0.39 is 5.79 Å². The molecule has 1 aliphatic carbocycles. The van der Waals surface area contributed by atoms with Crippen LogP contribution in [0.2, 0.25) is 0 Å². The van der Waals surface area contributed by atoms with Crippen molar-refractivity contribution < 1.29 is 19.0 Å². The molecule has 4 nitrogen and oxygen atoms in total. The van der Waals surface area contributed by atoms with E-state index in [9.17, 15) is 4.79 Å². The van der Waals surface area contributed by atoms with Gasteiger partial charge in [0.15, 0.2) is 18.0 Å². The number of hydrogen-bond donors (Lipinski definition) is 0. The molecular weight excluding hydrogens is 287 g/mol. The maximum atomic E-state index is 11.2. The van der Waals surface area contributed by atoms with E-state index in [2.05, 4.69) is 0 Å². The Labute approximate surface area is 89.4 Å². The molecule has 5 heteroatoms. The zero-order chi connectivity index (χ0) is 9.64. The summed E-state index contributed by atoms with van der Waals surface area (Å²) in [6.07, 6.45) is 0.882. The molecule has 0 amide bonds. The van der Waals surface area contributed by atoms with Crippen molar-refractivity contribution in [2.24, 2.45) is 0 Å². The van der Waals surface area contributed by atoms with Crippen molar-refractivity contribution >= 4 is 28.4 Å². The van der Waals surface area contributed by atoms with E-state index in [0.29, 0.717) is 0 Å². The first-order valence-corrected chi connectivity index (χ1v) is 4.91. The lowest BCUT2D eigenvalue weighted by molar-refractivity contribution is -0.185. The van der Waals surface area contributed by atoms with Crippen LogP contribution in [0.25, 0.3) is 0 Å². The molecule has 0 spiro atoms. The van der Waals surface area contributed by atoms with Gasteiger partial charge < -0.3 is 14.2 Å². The third-order valence-electron chi connectivity index (χ3n) is 2.35. The maximum absolute atomic E-state index is 11.2. The van der Waals surface area contributed by atoms with Crippen LogP contribution in [0.5, 0.6) is 0 Å². The number of ketones is 1. The fourth-order valence-electron chi connectivity index (χ4n) is 1.57. The number of carbonyl (C=O) groups excluding carboxylic acids is 1. The van der Waals surface area contributed by atoms with Crippen molar-refractivity contribution in [1.29, 1.82) is 0 Å². The van der Waals surface area contributed by atoms with E-state index in [4.69, 9.17) is 14.2 Å². The van der Waals surface area contributed by atoms with Gasteiger partial charge in [-0.25, -0.2) is 0 Å². The summed E-state index contributed by atoms with van der Waals surface area (Å²) in [5, 5.41) is 0. The fraction of sp³-hybridized carbons (Fsp3) is 0.625. The highest BCUT2D eigenvalue weighted by Gasteiger charge is 2.63. The fourth-order valence-corrected chi connectivity index (χ4v) is 2.63. The molecule has 1 fully saturated rings. The van der Waals surface area contributed by atoms with E-state index in [1.165, 1.54) is 6.08 Å². The first-order chi connectivity index (χ1) is 6.15. The predicted octanol–water partition coefficient (Wildman–Crippen LogP) is 0.645. The molecule has 0 bridgehead atoms. The van der Waals surface area contributed by atoms with Crippen LogP contribution in [-0.4, -0.2) is 38.0 Å². The minimum atomic E-state index is -0.862. The van der Waals surface area contributed by atoms with Crippen molar-refractivity contribution in [1.82, 2.24) is 0 Å². The zero-order valence-corrected chi connectivity index (χ0v) is 9.40. The minimum Gasteiger partial charge on any atom is -0.355 e. The summed E-state index contributed by atoms with van der Waals surface area (Å²) in [7, 11) is 3.09. The van der Waals surface area contributed by atoms with Crippen LogP contribution in [0, 0.1) is 0 Å². The lowest BCUT2D eigenvalue weighted by atomic mass is 10.0. The summed E-state index contributed by atoms with van der Waals surface area (Å²) in [6, 6.07) is 0. The van der Waals surface area contributed by atoms with Crippen molar-refractivity contribution in [2.75, 3.05) is 14.2 Å². The van der Waals surface area contributed by atoms with Crippen molar-refractivity contribution in [3.63, 3.8) is 0 Å². The molecule has 0 aromatic heterocycles. The maximum Gasteiger partial charge on any atom is 0.230 e. The minimum absolute atomic E-state index is 0.000810. The monoisotopic (exact) mass is 296 g/mol. The molecule has 2 rings (SSSR count). The summed E-state index contributed by atoms with van der Waals surface area (Å²) < 4.78 is 16.5. The first-order valence-electron chi connectivity index (χ1n) is 3.83. The molecular formula is C8H9IO4. The van der Waals surface area contributed by atoms with Gasteiger partial charge in [-0.05, 0) is 28.7 Å². The molecule has 2 atom stereocenters. The normalized spacial score (nSPS) is 35.3. The van der Waals surface area contributed by atoms with E-state index in [-0.39, 0.29) is 18.0 Å². The second kappa shape index (κ2) is 3.01. The molecule has 0 aromatic rings. The highest BCUT2D eigenvalue weighted by Crippen LogP contribution is 2.46. The highest BCUT2D eigenvalue weighted by atomic mass is 127. The van der Waals surface area contributed by atoms with Crippen LogP contribution in [0.4, 0.5) is 0 Å². The Hall–Kier alpha value is 0.0200. The van der Waals surface area contributed by atoms with Gasteiger partial charge in [-0.15, -0.1) is 0 Å². The van der Waals surface area contributed by atoms with E-state index in [1.54, 1.807) is 14.2 Å². The molecule has 1 saturated heterocycles. The highest BCUT2D eigenvalue weighted by molar-refractivity contribution is 14.1. The van der Waals surface area contributed by atoms with Crippen LogP contribution in [-0.2, 0) is 19.0 Å². The molecule has 2 aliphatic rings. The van der Waals surface area contributed by atoms with Gasteiger partial charge in [0.25, 0.3) is 0 Å². The number of rotatable bonds is 2. The molecule has 2 unspecified atom stereocenters. The number of methoxy groups -OCH3 is 2. The number of carbonyl (C=O) groups is 1. The van der Waals surface area contributed by atoms with Crippen molar-refractivity contribution in [3.05, 3.63) is 9.66 Å². The quantitative estimate of drug-likeness (QED) is 0.426. The average molecular weight is 296 g/mol. The molecule has 13 heavy (non-hydrogen) atoms. The van der Waals surface area contributed by atoms with Crippen LogP contribution >= 0.6 is 22.6 Å². The lowest BCUT2D eigenvalue weighted by Crippen LogP contribution is -2.44. The van der Waals surface area contributed by atoms with Gasteiger partial charge in [-0.3, -0.25) is 4.79 Å². The largest absolute Gasteiger partial charge is 0.355 e. The molecule has 72 valence electrons. The number of ether oxygens (including phenoxy) is 3. The van der Waals surface area contributed by atoms with Gasteiger partial charge in [-0.1, -0.05) is 0 Å². The standard InChI is InChI=1S/C8H9IO4/c1-11-8(12-2)5(9)3-4(10)6-7(8)13-6/h3,6-7H,1-2H3.